The van der Waals surface area contributed by atoms with Crippen LogP contribution in [-0.4, -0.2) is 40.8 Å². The molecule has 1 aromatic heterocycles. The van der Waals surface area contributed by atoms with Crippen molar-refractivity contribution in [2.45, 2.75) is 51.9 Å². The maximum atomic E-state index is 13.8. The predicted molar refractivity (Wildman–Crippen MR) is 103 cm³/mol. The highest BCUT2D eigenvalue weighted by atomic mass is 19.1. The summed E-state index contributed by atoms with van der Waals surface area (Å²) >= 11 is 0. The van der Waals surface area contributed by atoms with Gasteiger partial charge < -0.3 is 20.7 Å². The predicted octanol–water partition coefficient (Wildman–Crippen LogP) is 2.06. The van der Waals surface area contributed by atoms with E-state index in [9.17, 15) is 23.5 Å². The topological polar surface area (TPSA) is 94.2 Å². The number of pyridine rings is 1. The van der Waals surface area contributed by atoms with Crippen LogP contribution in [0.15, 0.2) is 16.9 Å². The quantitative estimate of drug-likeness (QED) is 0.640. The molecule has 152 valence electrons. The molecule has 0 saturated carbocycles. The van der Waals surface area contributed by atoms with Crippen LogP contribution >= 0.6 is 0 Å². The lowest BCUT2D eigenvalue weighted by atomic mass is 9.89. The number of H-pyrrole nitrogens is 1. The van der Waals surface area contributed by atoms with Crippen molar-refractivity contribution in [1.29, 1.82) is 0 Å². The molecule has 2 heterocycles. The summed E-state index contributed by atoms with van der Waals surface area (Å²) in [4.78, 5) is 27.3. The van der Waals surface area contributed by atoms with Crippen LogP contribution in [0, 0.1) is 18.7 Å². The maximum absolute atomic E-state index is 13.8. The zero-order valence-corrected chi connectivity index (χ0v) is 16.1. The number of amides is 1. The van der Waals surface area contributed by atoms with Gasteiger partial charge >= 0.3 is 0 Å². The Morgan fingerprint density at radius 3 is 2.82 bits per heavy atom. The van der Waals surface area contributed by atoms with E-state index >= 15 is 0 Å². The summed E-state index contributed by atoms with van der Waals surface area (Å²) in [5.41, 5.74) is -0.203. The first-order valence-corrected chi connectivity index (χ1v) is 9.38. The normalized spacial score (nSPS) is 23.5. The molecule has 1 aliphatic heterocycles. The average molecular weight is 393 g/mol. The number of aryl methyl sites for hydroxylation is 1. The molecule has 0 aliphatic carbocycles. The number of fused-ring (bicyclic) bond motifs is 1. The van der Waals surface area contributed by atoms with E-state index in [-0.39, 0.29) is 53.2 Å². The van der Waals surface area contributed by atoms with Crippen LogP contribution in [0.3, 0.4) is 0 Å². The van der Waals surface area contributed by atoms with Gasteiger partial charge in [0.15, 0.2) is 0 Å². The number of halogens is 2. The van der Waals surface area contributed by atoms with Gasteiger partial charge in [-0.1, -0.05) is 6.92 Å². The number of alkyl halides is 1. The third kappa shape index (κ3) is 3.87. The van der Waals surface area contributed by atoms with E-state index in [0.29, 0.717) is 11.9 Å². The summed E-state index contributed by atoms with van der Waals surface area (Å²) < 4.78 is 27.4. The Morgan fingerprint density at radius 2 is 2.14 bits per heavy atom. The van der Waals surface area contributed by atoms with Gasteiger partial charge in [0.2, 0.25) is 5.91 Å². The molecule has 0 radical (unpaired) electrons. The first-order chi connectivity index (χ1) is 13.2. The number of piperidine rings is 1. The third-order valence-corrected chi connectivity index (χ3v) is 5.59. The van der Waals surface area contributed by atoms with Gasteiger partial charge in [0, 0.05) is 24.0 Å². The number of carbonyl (C=O) groups is 1. The van der Waals surface area contributed by atoms with Gasteiger partial charge in [0.1, 0.15) is 17.7 Å². The molecule has 6 nitrogen and oxygen atoms in total. The lowest BCUT2D eigenvalue weighted by Gasteiger charge is -2.35. The van der Waals surface area contributed by atoms with E-state index in [2.05, 4.69) is 15.6 Å². The van der Waals surface area contributed by atoms with Crippen LogP contribution in [0.5, 0.6) is 5.75 Å². The molecule has 2 aromatic rings. The highest BCUT2D eigenvalue weighted by Gasteiger charge is 2.30. The molecule has 1 fully saturated rings. The lowest BCUT2D eigenvalue weighted by Crippen LogP contribution is -2.54. The number of rotatable bonds is 4. The number of carbonyl (C=O) groups excluding carboxylic acids is 1. The van der Waals surface area contributed by atoms with Gasteiger partial charge in [-0.25, -0.2) is 8.78 Å². The first-order valence-electron chi connectivity index (χ1n) is 9.38. The minimum Gasteiger partial charge on any atom is -0.507 e. The molecule has 28 heavy (non-hydrogen) atoms. The summed E-state index contributed by atoms with van der Waals surface area (Å²) in [6.45, 7) is 5.38. The minimum atomic E-state index is -0.907. The van der Waals surface area contributed by atoms with Crippen LogP contribution in [0.4, 0.5) is 8.78 Å². The van der Waals surface area contributed by atoms with Crippen LogP contribution in [0.25, 0.3) is 10.9 Å². The summed E-state index contributed by atoms with van der Waals surface area (Å²) in [6.07, 6.45) is -0.662. The van der Waals surface area contributed by atoms with E-state index in [1.54, 1.807) is 0 Å². The van der Waals surface area contributed by atoms with Gasteiger partial charge in [0.25, 0.3) is 5.56 Å². The summed E-state index contributed by atoms with van der Waals surface area (Å²) in [5, 5.41) is 16.6. The number of benzene rings is 1. The smallest absolute Gasteiger partial charge is 0.255 e. The minimum absolute atomic E-state index is 0.0780. The van der Waals surface area contributed by atoms with Crippen molar-refractivity contribution in [3.8, 4) is 5.75 Å². The number of nitrogens with one attached hydrogen (secondary N) is 3. The number of aromatic nitrogens is 1. The molecule has 1 saturated heterocycles. The monoisotopic (exact) mass is 393 g/mol. The zero-order valence-electron chi connectivity index (χ0n) is 16.1. The van der Waals surface area contributed by atoms with Crippen molar-refractivity contribution in [1.82, 2.24) is 15.6 Å². The Balaban J connectivity index is 1.78. The van der Waals surface area contributed by atoms with Gasteiger partial charge in [0.05, 0.1) is 17.5 Å². The largest absolute Gasteiger partial charge is 0.507 e. The van der Waals surface area contributed by atoms with Gasteiger partial charge in [-0.05, 0) is 43.9 Å². The van der Waals surface area contributed by atoms with E-state index in [1.807, 2.05) is 13.8 Å². The van der Waals surface area contributed by atoms with Crippen molar-refractivity contribution in [2.24, 2.45) is 5.92 Å². The summed E-state index contributed by atoms with van der Waals surface area (Å²) in [5.74, 6) is -1.44. The second-order valence-corrected chi connectivity index (χ2v) is 7.65. The van der Waals surface area contributed by atoms with Crippen LogP contribution < -0.4 is 16.2 Å². The fourth-order valence-corrected chi connectivity index (χ4v) is 3.76. The Kier molecular flexibility index (Phi) is 5.69. The molecule has 4 atom stereocenters. The molecule has 8 heteroatoms. The Hall–Kier alpha value is -2.48. The van der Waals surface area contributed by atoms with Crippen molar-refractivity contribution in [3.63, 3.8) is 0 Å². The number of hydrogen-bond donors (Lipinski definition) is 4. The highest BCUT2D eigenvalue weighted by Crippen LogP contribution is 2.29. The second kappa shape index (κ2) is 7.87. The first kappa shape index (κ1) is 20.3. The molecule has 0 bridgehead atoms. The number of aromatic amines is 1. The SMILES string of the molecule is Cc1c(F)ccc2[nH]c(=O)c(CC(=O)N[C@@H](C)C3CC(C)C(F)CN3)c(O)c12. The molecule has 1 amide bonds. The van der Waals surface area contributed by atoms with Gasteiger partial charge in [-0.3, -0.25) is 9.59 Å². The van der Waals surface area contributed by atoms with Crippen molar-refractivity contribution in [3.05, 3.63) is 39.4 Å². The number of hydrogen-bond acceptors (Lipinski definition) is 4. The fourth-order valence-electron chi connectivity index (χ4n) is 3.76. The number of aromatic hydroxyl groups is 1. The molecular formula is C20H25F2N3O3. The Labute approximate surface area is 161 Å². The standard InChI is InChI=1S/C20H25F2N3O3/c1-9-6-16(23-8-14(9)22)11(3)24-17(26)7-12-19(27)18-10(2)13(21)4-5-15(18)25-20(12)28/h4-5,9,11,14,16,23H,6-8H2,1-3H3,(H,24,26)(H2,25,27,28)/t9?,11-,14?,16?/m0/s1. The third-order valence-electron chi connectivity index (χ3n) is 5.59. The molecule has 0 spiro atoms. The molecule has 4 N–H and O–H groups in total. The molecule has 1 aromatic carbocycles. The Morgan fingerprint density at radius 1 is 1.43 bits per heavy atom. The summed E-state index contributed by atoms with van der Waals surface area (Å²) in [7, 11) is 0. The molecular weight excluding hydrogens is 368 g/mol. The zero-order chi connectivity index (χ0) is 20.6. The lowest BCUT2D eigenvalue weighted by molar-refractivity contribution is -0.121. The summed E-state index contributed by atoms with van der Waals surface area (Å²) in [6, 6.07) is 2.23. The van der Waals surface area contributed by atoms with Crippen LogP contribution in [0.1, 0.15) is 31.4 Å². The van der Waals surface area contributed by atoms with Gasteiger partial charge in [-0.15, -0.1) is 0 Å². The molecule has 3 unspecified atom stereocenters. The van der Waals surface area contributed by atoms with Crippen molar-refractivity contribution < 1.29 is 18.7 Å². The average Bonchev–Trinajstić information content (AvgIpc) is 2.63. The van der Waals surface area contributed by atoms with E-state index < -0.39 is 23.5 Å². The second-order valence-electron chi connectivity index (χ2n) is 7.65. The van der Waals surface area contributed by atoms with E-state index in [1.165, 1.54) is 19.1 Å². The van der Waals surface area contributed by atoms with Crippen molar-refractivity contribution in [2.75, 3.05) is 6.54 Å². The van der Waals surface area contributed by atoms with Gasteiger partial charge in [-0.2, -0.15) is 0 Å². The molecule has 1 aliphatic rings. The maximum Gasteiger partial charge on any atom is 0.255 e. The fraction of sp³-hybridized carbons (Fsp3) is 0.500. The highest BCUT2D eigenvalue weighted by molar-refractivity contribution is 5.90. The van der Waals surface area contributed by atoms with Crippen LogP contribution in [-0.2, 0) is 11.2 Å². The van der Waals surface area contributed by atoms with Crippen LogP contribution in [0.2, 0.25) is 0 Å². The Bertz CT molecular complexity index is 960. The van der Waals surface area contributed by atoms with E-state index in [4.69, 9.17) is 0 Å². The van der Waals surface area contributed by atoms with E-state index in [0.717, 1.165) is 0 Å². The van der Waals surface area contributed by atoms with Crippen molar-refractivity contribution >= 4 is 16.8 Å². The molecule has 3 rings (SSSR count).